The number of aromatic nitrogens is 2. The van der Waals surface area contributed by atoms with Gasteiger partial charge in [0.1, 0.15) is 0 Å². The molecule has 0 saturated heterocycles. The van der Waals surface area contributed by atoms with Gasteiger partial charge in [0.05, 0.1) is 6.20 Å². The number of anilines is 1. The third kappa shape index (κ3) is 2.93. The second-order valence-electron chi connectivity index (χ2n) is 4.75. The molecule has 2 heterocycles. The standard InChI is InChI=1S/C14H16N4O.ClH/c1-18-9-10(8-17-18)7-16-14(19)12-2-3-13-11(6-12)4-5-15-13;/h2-3,6,8-9,15H,4-5,7H2,1H3,(H,16,19);1H. The van der Waals surface area contributed by atoms with Crippen molar-refractivity contribution in [3.8, 4) is 0 Å². The van der Waals surface area contributed by atoms with Crippen molar-refractivity contribution < 1.29 is 4.79 Å². The van der Waals surface area contributed by atoms with E-state index in [4.69, 9.17) is 0 Å². The molecule has 2 aromatic rings. The number of amides is 1. The van der Waals surface area contributed by atoms with Gasteiger partial charge >= 0.3 is 0 Å². The van der Waals surface area contributed by atoms with E-state index in [2.05, 4.69) is 15.7 Å². The van der Waals surface area contributed by atoms with Crippen molar-refractivity contribution in [2.45, 2.75) is 13.0 Å². The number of fused-ring (bicyclic) bond motifs is 1. The van der Waals surface area contributed by atoms with Crippen LogP contribution in [0.3, 0.4) is 0 Å². The van der Waals surface area contributed by atoms with Crippen molar-refractivity contribution in [2.24, 2.45) is 7.05 Å². The first kappa shape index (κ1) is 14.4. The molecule has 0 unspecified atom stereocenters. The molecule has 2 N–H and O–H groups in total. The van der Waals surface area contributed by atoms with Crippen molar-refractivity contribution >= 4 is 24.0 Å². The number of hydrogen-bond acceptors (Lipinski definition) is 3. The van der Waals surface area contributed by atoms with E-state index < -0.39 is 0 Å². The first-order valence-corrected chi connectivity index (χ1v) is 6.35. The summed E-state index contributed by atoms with van der Waals surface area (Å²) in [6.45, 7) is 1.46. The Labute approximate surface area is 123 Å². The van der Waals surface area contributed by atoms with Crippen LogP contribution in [-0.4, -0.2) is 22.2 Å². The van der Waals surface area contributed by atoms with Gasteiger partial charge in [0.2, 0.25) is 0 Å². The number of aryl methyl sites for hydroxylation is 1. The highest BCUT2D eigenvalue weighted by molar-refractivity contribution is 5.95. The van der Waals surface area contributed by atoms with Crippen LogP contribution in [0.15, 0.2) is 30.6 Å². The Morgan fingerprint density at radius 2 is 2.35 bits per heavy atom. The van der Waals surface area contributed by atoms with Crippen LogP contribution in [-0.2, 0) is 20.0 Å². The Morgan fingerprint density at radius 3 is 3.10 bits per heavy atom. The summed E-state index contributed by atoms with van der Waals surface area (Å²) in [5.74, 6) is -0.0430. The van der Waals surface area contributed by atoms with Gasteiger partial charge in [-0.1, -0.05) is 0 Å². The molecule has 0 saturated carbocycles. The fourth-order valence-electron chi connectivity index (χ4n) is 2.29. The monoisotopic (exact) mass is 292 g/mol. The van der Waals surface area contributed by atoms with Gasteiger partial charge in [0, 0.05) is 43.1 Å². The SMILES string of the molecule is Cl.Cn1cc(CNC(=O)c2ccc3c(c2)CCN3)cn1. The zero-order valence-corrected chi connectivity index (χ0v) is 12.0. The van der Waals surface area contributed by atoms with Crippen molar-refractivity contribution in [3.05, 3.63) is 47.3 Å². The number of carbonyl (C=O) groups is 1. The summed E-state index contributed by atoms with van der Waals surface area (Å²) in [6, 6.07) is 5.80. The number of halogens is 1. The molecule has 0 atom stereocenters. The fourth-order valence-corrected chi connectivity index (χ4v) is 2.29. The number of benzene rings is 1. The molecule has 1 amide bonds. The normalized spacial score (nSPS) is 12.2. The maximum absolute atomic E-state index is 12.1. The lowest BCUT2D eigenvalue weighted by Crippen LogP contribution is -2.22. The molecule has 1 aliphatic rings. The number of nitrogens with zero attached hydrogens (tertiary/aromatic N) is 2. The van der Waals surface area contributed by atoms with E-state index in [0.717, 1.165) is 24.2 Å². The van der Waals surface area contributed by atoms with Gasteiger partial charge in [0.25, 0.3) is 5.91 Å². The summed E-state index contributed by atoms with van der Waals surface area (Å²) >= 11 is 0. The molecule has 6 heteroatoms. The predicted molar refractivity (Wildman–Crippen MR) is 80.3 cm³/mol. The van der Waals surface area contributed by atoms with Crippen molar-refractivity contribution in [1.82, 2.24) is 15.1 Å². The topological polar surface area (TPSA) is 59.0 Å². The van der Waals surface area contributed by atoms with Gasteiger partial charge in [-0.3, -0.25) is 9.48 Å². The summed E-state index contributed by atoms with van der Waals surface area (Å²) in [5, 5.41) is 10.3. The lowest BCUT2D eigenvalue weighted by Gasteiger charge is -2.06. The molecule has 106 valence electrons. The van der Waals surface area contributed by atoms with E-state index in [1.807, 2.05) is 31.4 Å². The number of hydrogen-bond donors (Lipinski definition) is 2. The third-order valence-electron chi connectivity index (χ3n) is 3.29. The first-order valence-electron chi connectivity index (χ1n) is 6.35. The molecule has 20 heavy (non-hydrogen) atoms. The molecule has 5 nitrogen and oxygen atoms in total. The lowest BCUT2D eigenvalue weighted by molar-refractivity contribution is 0.0951. The summed E-state index contributed by atoms with van der Waals surface area (Å²) in [7, 11) is 1.86. The maximum atomic E-state index is 12.1. The van der Waals surface area contributed by atoms with Crippen LogP contribution in [0.5, 0.6) is 0 Å². The highest BCUT2D eigenvalue weighted by Gasteiger charge is 2.13. The van der Waals surface area contributed by atoms with Gasteiger partial charge in [-0.2, -0.15) is 5.10 Å². The molecule has 1 aliphatic heterocycles. The molecule has 0 fully saturated rings. The Hall–Kier alpha value is -2.01. The predicted octanol–water partition coefficient (Wildman–Crippen LogP) is 1.74. The molecule has 1 aromatic heterocycles. The summed E-state index contributed by atoms with van der Waals surface area (Å²) in [6.07, 6.45) is 4.64. The van der Waals surface area contributed by atoms with Crippen molar-refractivity contribution in [2.75, 3.05) is 11.9 Å². The number of rotatable bonds is 3. The smallest absolute Gasteiger partial charge is 0.251 e. The minimum absolute atomic E-state index is 0. The minimum atomic E-state index is -0.0430. The summed E-state index contributed by atoms with van der Waals surface area (Å²) in [5.41, 5.74) is 4.07. The van der Waals surface area contributed by atoms with Gasteiger partial charge in [-0.25, -0.2) is 0 Å². The van der Waals surface area contributed by atoms with E-state index in [9.17, 15) is 4.79 Å². The third-order valence-corrected chi connectivity index (χ3v) is 3.29. The van der Waals surface area contributed by atoms with Crippen LogP contribution in [0.4, 0.5) is 5.69 Å². The Kier molecular flexibility index (Phi) is 4.29. The Bertz CT molecular complexity index is 623. The van der Waals surface area contributed by atoms with Gasteiger partial charge < -0.3 is 10.6 Å². The van der Waals surface area contributed by atoms with Crippen LogP contribution in [0.25, 0.3) is 0 Å². The molecule has 0 aliphatic carbocycles. The largest absolute Gasteiger partial charge is 0.384 e. The molecule has 0 radical (unpaired) electrons. The molecular weight excluding hydrogens is 276 g/mol. The summed E-state index contributed by atoms with van der Waals surface area (Å²) in [4.78, 5) is 12.1. The zero-order valence-electron chi connectivity index (χ0n) is 11.2. The second-order valence-corrected chi connectivity index (χ2v) is 4.75. The fraction of sp³-hybridized carbons (Fsp3) is 0.286. The van der Waals surface area contributed by atoms with E-state index in [-0.39, 0.29) is 18.3 Å². The minimum Gasteiger partial charge on any atom is -0.384 e. The first-order chi connectivity index (χ1) is 9.22. The van der Waals surface area contributed by atoms with E-state index in [0.29, 0.717) is 12.1 Å². The average Bonchev–Trinajstić information content (AvgIpc) is 3.03. The quantitative estimate of drug-likeness (QED) is 0.906. The highest BCUT2D eigenvalue weighted by atomic mass is 35.5. The second kappa shape index (κ2) is 5.96. The Balaban J connectivity index is 0.00000147. The van der Waals surface area contributed by atoms with Crippen LogP contribution in [0.2, 0.25) is 0 Å². The van der Waals surface area contributed by atoms with Gasteiger partial charge in [-0.05, 0) is 30.2 Å². The number of carbonyl (C=O) groups excluding carboxylic acids is 1. The molecule has 3 rings (SSSR count). The maximum Gasteiger partial charge on any atom is 0.251 e. The van der Waals surface area contributed by atoms with E-state index in [1.54, 1.807) is 10.9 Å². The highest BCUT2D eigenvalue weighted by Crippen LogP contribution is 2.22. The average molecular weight is 293 g/mol. The van der Waals surface area contributed by atoms with Crippen LogP contribution < -0.4 is 10.6 Å². The molecule has 0 bridgehead atoms. The lowest BCUT2D eigenvalue weighted by atomic mass is 10.1. The molecule has 1 aromatic carbocycles. The van der Waals surface area contributed by atoms with E-state index in [1.165, 1.54) is 5.56 Å². The van der Waals surface area contributed by atoms with Gasteiger partial charge in [-0.15, -0.1) is 12.4 Å². The molecular formula is C14H17ClN4O. The van der Waals surface area contributed by atoms with Gasteiger partial charge in [0.15, 0.2) is 0 Å². The van der Waals surface area contributed by atoms with Crippen molar-refractivity contribution in [1.29, 1.82) is 0 Å². The van der Waals surface area contributed by atoms with Crippen LogP contribution in [0.1, 0.15) is 21.5 Å². The Morgan fingerprint density at radius 1 is 1.50 bits per heavy atom. The van der Waals surface area contributed by atoms with Crippen molar-refractivity contribution in [3.63, 3.8) is 0 Å². The van der Waals surface area contributed by atoms with Crippen LogP contribution in [0, 0.1) is 0 Å². The van der Waals surface area contributed by atoms with E-state index >= 15 is 0 Å². The number of nitrogens with one attached hydrogen (secondary N) is 2. The summed E-state index contributed by atoms with van der Waals surface area (Å²) < 4.78 is 1.72. The molecule has 0 spiro atoms. The van der Waals surface area contributed by atoms with Crippen LogP contribution >= 0.6 is 12.4 Å². The zero-order chi connectivity index (χ0) is 13.2.